The SMILES string of the molecule is O=C(c1cccc2c1NCCC2)N1C[C@H]2C[C@@H](Oc3ccc(Cl)cc3F)[C@H](O)C[C@H]2C1. The molecule has 2 N–H and O–H groups in total. The Morgan fingerprint density at radius 3 is 2.81 bits per heavy atom. The molecule has 1 saturated carbocycles. The summed E-state index contributed by atoms with van der Waals surface area (Å²) < 4.78 is 20.0. The topological polar surface area (TPSA) is 61.8 Å². The Bertz CT molecular complexity index is 1000. The lowest BCUT2D eigenvalue weighted by Gasteiger charge is -2.35. The van der Waals surface area contributed by atoms with Gasteiger partial charge < -0.3 is 20.1 Å². The van der Waals surface area contributed by atoms with Crippen molar-refractivity contribution in [3.8, 4) is 5.75 Å². The van der Waals surface area contributed by atoms with E-state index < -0.39 is 18.0 Å². The number of nitrogens with zero attached hydrogens (tertiary/aromatic N) is 1. The number of carbonyl (C=O) groups excluding carboxylic acids is 1. The number of ether oxygens (including phenoxy) is 1. The molecule has 2 fully saturated rings. The van der Waals surface area contributed by atoms with Gasteiger partial charge in [-0.2, -0.15) is 0 Å². The number of amides is 1. The highest BCUT2D eigenvalue weighted by molar-refractivity contribution is 6.30. The molecule has 2 aliphatic heterocycles. The summed E-state index contributed by atoms with van der Waals surface area (Å²) >= 11 is 5.81. The number of para-hydroxylation sites is 1. The van der Waals surface area contributed by atoms with E-state index in [9.17, 15) is 14.3 Å². The zero-order valence-electron chi connectivity index (χ0n) is 17.2. The van der Waals surface area contributed by atoms with Gasteiger partial charge in [-0.25, -0.2) is 4.39 Å². The van der Waals surface area contributed by atoms with Crippen molar-refractivity contribution >= 4 is 23.2 Å². The monoisotopic (exact) mass is 444 g/mol. The number of rotatable bonds is 3. The van der Waals surface area contributed by atoms with Gasteiger partial charge in [0.1, 0.15) is 6.10 Å². The maximum Gasteiger partial charge on any atom is 0.255 e. The number of hydrogen-bond donors (Lipinski definition) is 2. The van der Waals surface area contributed by atoms with Crippen molar-refractivity contribution in [3.63, 3.8) is 0 Å². The van der Waals surface area contributed by atoms with Gasteiger partial charge in [-0.15, -0.1) is 0 Å². The third-order valence-corrected chi connectivity index (χ3v) is 7.09. The van der Waals surface area contributed by atoms with Crippen LogP contribution in [-0.2, 0) is 6.42 Å². The molecule has 7 heteroatoms. The van der Waals surface area contributed by atoms with Crippen LogP contribution in [0.25, 0.3) is 0 Å². The second-order valence-corrected chi connectivity index (χ2v) is 9.31. The second kappa shape index (κ2) is 8.32. The molecule has 2 heterocycles. The van der Waals surface area contributed by atoms with Gasteiger partial charge in [0.15, 0.2) is 11.6 Å². The highest BCUT2D eigenvalue weighted by Crippen LogP contribution is 2.39. The van der Waals surface area contributed by atoms with E-state index in [2.05, 4.69) is 11.4 Å². The van der Waals surface area contributed by atoms with Crippen LogP contribution in [0.2, 0.25) is 5.02 Å². The Morgan fingerprint density at radius 2 is 2.00 bits per heavy atom. The molecular weight excluding hydrogens is 419 g/mol. The predicted molar refractivity (Wildman–Crippen MR) is 117 cm³/mol. The molecule has 1 amide bonds. The standard InChI is InChI=1S/C24H26ClFN2O3/c25-17-6-7-21(19(26)11-17)31-22-10-16-13-28(12-15(16)9-20(22)29)24(30)18-5-1-3-14-4-2-8-27-23(14)18/h1,3,5-7,11,15-16,20,22,27,29H,2,4,8-10,12-13H2/t15-,16+,20+,22+/m0/s1. The Morgan fingerprint density at radius 1 is 1.19 bits per heavy atom. The smallest absolute Gasteiger partial charge is 0.255 e. The fourth-order valence-electron chi connectivity index (χ4n) is 5.27. The molecule has 164 valence electrons. The largest absolute Gasteiger partial charge is 0.485 e. The summed E-state index contributed by atoms with van der Waals surface area (Å²) in [6, 6.07) is 10.2. The number of anilines is 1. The Hall–Kier alpha value is -2.31. The number of nitrogens with one attached hydrogen (secondary N) is 1. The Balaban J connectivity index is 1.29. The average Bonchev–Trinajstić information content (AvgIpc) is 3.17. The molecule has 0 bridgehead atoms. The van der Waals surface area contributed by atoms with Gasteiger partial charge in [0.05, 0.1) is 17.4 Å². The van der Waals surface area contributed by atoms with E-state index in [-0.39, 0.29) is 23.5 Å². The van der Waals surface area contributed by atoms with Crippen molar-refractivity contribution in [2.75, 3.05) is 25.0 Å². The van der Waals surface area contributed by atoms with E-state index in [0.29, 0.717) is 31.0 Å². The van der Waals surface area contributed by atoms with Crippen LogP contribution in [0.15, 0.2) is 36.4 Å². The number of halogens is 2. The maximum atomic E-state index is 14.1. The molecule has 2 aromatic rings. The van der Waals surface area contributed by atoms with E-state index in [4.69, 9.17) is 16.3 Å². The van der Waals surface area contributed by atoms with Gasteiger partial charge in [0, 0.05) is 24.7 Å². The summed E-state index contributed by atoms with van der Waals surface area (Å²) in [6.45, 7) is 2.14. The number of benzene rings is 2. The van der Waals surface area contributed by atoms with Gasteiger partial charge in [-0.1, -0.05) is 23.7 Å². The average molecular weight is 445 g/mol. The van der Waals surface area contributed by atoms with Gasteiger partial charge in [0.2, 0.25) is 0 Å². The van der Waals surface area contributed by atoms with Gasteiger partial charge >= 0.3 is 0 Å². The zero-order chi connectivity index (χ0) is 21.5. The predicted octanol–water partition coefficient (Wildman–Crippen LogP) is 4.13. The van der Waals surface area contributed by atoms with Crippen LogP contribution in [-0.4, -0.2) is 47.8 Å². The van der Waals surface area contributed by atoms with Crippen LogP contribution in [0.3, 0.4) is 0 Å². The van der Waals surface area contributed by atoms with Crippen molar-refractivity contribution in [2.45, 2.75) is 37.9 Å². The lowest BCUT2D eigenvalue weighted by atomic mass is 9.78. The summed E-state index contributed by atoms with van der Waals surface area (Å²) in [4.78, 5) is 15.2. The lowest BCUT2D eigenvalue weighted by molar-refractivity contribution is -0.0246. The normalized spacial score (nSPS) is 27.3. The Kier molecular flexibility index (Phi) is 5.52. The molecule has 2 aromatic carbocycles. The minimum atomic E-state index is -0.697. The minimum absolute atomic E-state index is 0.0383. The molecule has 5 nitrogen and oxygen atoms in total. The molecular formula is C24H26ClFN2O3. The minimum Gasteiger partial charge on any atom is -0.485 e. The van der Waals surface area contributed by atoms with E-state index >= 15 is 0 Å². The first kappa shape index (κ1) is 20.6. The van der Waals surface area contributed by atoms with E-state index in [1.807, 2.05) is 17.0 Å². The molecule has 3 aliphatic rings. The van der Waals surface area contributed by atoms with Crippen LogP contribution >= 0.6 is 11.6 Å². The number of hydrogen-bond acceptors (Lipinski definition) is 4. The molecule has 1 saturated heterocycles. The zero-order valence-corrected chi connectivity index (χ0v) is 17.9. The molecule has 4 atom stereocenters. The van der Waals surface area contributed by atoms with Crippen molar-refractivity contribution < 1.29 is 19.0 Å². The third kappa shape index (κ3) is 3.99. The van der Waals surface area contributed by atoms with Gasteiger partial charge in [-0.05, 0) is 67.3 Å². The van der Waals surface area contributed by atoms with Crippen molar-refractivity contribution in [1.82, 2.24) is 4.90 Å². The number of aliphatic hydroxyl groups is 1. The summed E-state index contributed by atoms with van der Waals surface area (Å²) in [5.74, 6) is 0.0455. The van der Waals surface area contributed by atoms with E-state index in [0.717, 1.165) is 30.6 Å². The molecule has 0 spiro atoms. The van der Waals surface area contributed by atoms with Crippen molar-refractivity contribution in [3.05, 3.63) is 58.4 Å². The number of aliphatic hydroxyl groups excluding tert-OH is 1. The number of fused-ring (bicyclic) bond motifs is 2. The third-order valence-electron chi connectivity index (χ3n) is 6.85. The van der Waals surface area contributed by atoms with Crippen molar-refractivity contribution in [2.24, 2.45) is 11.8 Å². The first-order valence-electron chi connectivity index (χ1n) is 10.9. The molecule has 31 heavy (non-hydrogen) atoms. The molecule has 5 rings (SSSR count). The maximum absolute atomic E-state index is 14.1. The highest BCUT2D eigenvalue weighted by atomic mass is 35.5. The summed E-state index contributed by atoms with van der Waals surface area (Å²) in [6.07, 6.45) is 1.99. The molecule has 1 aliphatic carbocycles. The molecule has 0 unspecified atom stereocenters. The summed E-state index contributed by atoms with van der Waals surface area (Å²) in [5.41, 5.74) is 2.89. The van der Waals surface area contributed by atoms with Gasteiger partial charge in [-0.3, -0.25) is 4.79 Å². The number of aryl methyl sites for hydroxylation is 1. The first-order valence-corrected chi connectivity index (χ1v) is 11.3. The Labute approximate surface area is 186 Å². The van der Waals surface area contributed by atoms with E-state index in [1.54, 1.807) is 6.07 Å². The molecule has 0 aromatic heterocycles. The fourth-order valence-corrected chi connectivity index (χ4v) is 5.43. The van der Waals surface area contributed by atoms with Gasteiger partial charge in [0.25, 0.3) is 5.91 Å². The number of carbonyl (C=O) groups is 1. The summed E-state index contributed by atoms with van der Waals surface area (Å²) in [7, 11) is 0. The quantitative estimate of drug-likeness (QED) is 0.747. The van der Waals surface area contributed by atoms with Crippen LogP contribution in [0, 0.1) is 17.7 Å². The summed E-state index contributed by atoms with van der Waals surface area (Å²) in [5, 5.41) is 14.3. The van der Waals surface area contributed by atoms with Crippen molar-refractivity contribution in [1.29, 1.82) is 0 Å². The lowest BCUT2D eigenvalue weighted by Crippen LogP contribution is -2.42. The van der Waals surface area contributed by atoms with Crippen LogP contribution < -0.4 is 10.1 Å². The molecule has 0 radical (unpaired) electrons. The second-order valence-electron chi connectivity index (χ2n) is 8.87. The van der Waals surface area contributed by atoms with Crippen LogP contribution in [0.4, 0.5) is 10.1 Å². The van der Waals surface area contributed by atoms with E-state index in [1.165, 1.54) is 17.7 Å². The van der Waals surface area contributed by atoms with Crippen LogP contribution in [0.5, 0.6) is 5.75 Å². The number of likely N-dealkylation sites (tertiary alicyclic amines) is 1. The first-order chi connectivity index (χ1) is 15.0. The van der Waals surface area contributed by atoms with Crippen LogP contribution in [0.1, 0.15) is 35.2 Å². The fraction of sp³-hybridized carbons (Fsp3) is 0.458. The highest BCUT2D eigenvalue weighted by Gasteiger charge is 2.44.